The molecule has 1 aliphatic rings. The number of rotatable bonds is 5. The lowest BCUT2D eigenvalue weighted by atomic mass is 9.93. The number of hydrogen-bond acceptors (Lipinski definition) is 1. The van der Waals surface area contributed by atoms with Crippen molar-refractivity contribution in [1.29, 1.82) is 0 Å². The average Bonchev–Trinajstić information content (AvgIpc) is 2.57. The first-order valence-corrected chi connectivity index (χ1v) is 8.07. The Morgan fingerprint density at radius 1 is 0.762 bits per heavy atom. The van der Waals surface area contributed by atoms with Crippen molar-refractivity contribution in [1.82, 2.24) is 4.90 Å². The summed E-state index contributed by atoms with van der Waals surface area (Å²) in [5.41, 5.74) is 2.82. The predicted molar refractivity (Wildman–Crippen MR) is 88.7 cm³/mol. The van der Waals surface area contributed by atoms with Gasteiger partial charge in [0.1, 0.15) is 0 Å². The Labute approximate surface area is 128 Å². The molecule has 1 fully saturated rings. The molecule has 0 N–H and O–H groups in total. The standard InChI is InChI=1S/C20H24N/c1-4-10-18(11-5-1)16-21(20-14-8-3-9-15-20)17-19-12-6-2-7-13-19/h1-2,4-7,10-14,20H,3,8-9,15-17H2. The molecular weight excluding hydrogens is 254 g/mol. The van der Waals surface area contributed by atoms with Crippen molar-refractivity contribution in [3.63, 3.8) is 0 Å². The van der Waals surface area contributed by atoms with Crippen LogP contribution in [0, 0.1) is 6.42 Å². The second-order valence-electron chi connectivity index (χ2n) is 5.96. The van der Waals surface area contributed by atoms with Gasteiger partial charge in [0.2, 0.25) is 0 Å². The zero-order valence-electron chi connectivity index (χ0n) is 12.6. The Morgan fingerprint density at radius 3 is 1.81 bits per heavy atom. The van der Waals surface area contributed by atoms with Crippen LogP contribution in [0.5, 0.6) is 0 Å². The van der Waals surface area contributed by atoms with Crippen molar-refractivity contribution in [2.45, 2.75) is 44.8 Å². The van der Waals surface area contributed by atoms with Gasteiger partial charge in [0.05, 0.1) is 0 Å². The summed E-state index contributed by atoms with van der Waals surface area (Å²) in [7, 11) is 0. The SMILES string of the molecule is [CH]1CCCCC1N(Cc1ccccc1)Cc1ccccc1. The second-order valence-corrected chi connectivity index (χ2v) is 5.96. The highest BCUT2D eigenvalue weighted by Crippen LogP contribution is 2.24. The number of nitrogens with zero attached hydrogens (tertiary/aromatic N) is 1. The van der Waals surface area contributed by atoms with Crippen LogP contribution in [0.25, 0.3) is 0 Å². The molecule has 1 heteroatoms. The van der Waals surface area contributed by atoms with Gasteiger partial charge in [-0.1, -0.05) is 73.5 Å². The van der Waals surface area contributed by atoms with Gasteiger partial charge in [-0.15, -0.1) is 0 Å². The summed E-state index contributed by atoms with van der Waals surface area (Å²) in [5, 5.41) is 0. The largest absolute Gasteiger partial charge is 0.292 e. The second kappa shape index (κ2) is 7.42. The highest BCUT2D eigenvalue weighted by atomic mass is 15.2. The van der Waals surface area contributed by atoms with Gasteiger partial charge >= 0.3 is 0 Å². The van der Waals surface area contributed by atoms with E-state index in [4.69, 9.17) is 0 Å². The van der Waals surface area contributed by atoms with Crippen LogP contribution in [0.4, 0.5) is 0 Å². The highest BCUT2D eigenvalue weighted by Gasteiger charge is 2.21. The Hall–Kier alpha value is -1.60. The molecule has 1 radical (unpaired) electrons. The summed E-state index contributed by atoms with van der Waals surface area (Å²) < 4.78 is 0. The molecule has 0 aliphatic heterocycles. The summed E-state index contributed by atoms with van der Waals surface area (Å²) in [5.74, 6) is 0. The summed E-state index contributed by atoms with van der Waals surface area (Å²) in [6.07, 6.45) is 7.82. The van der Waals surface area contributed by atoms with Gasteiger partial charge in [-0.25, -0.2) is 0 Å². The lowest BCUT2D eigenvalue weighted by Crippen LogP contribution is -2.36. The number of hydrogen-bond donors (Lipinski definition) is 0. The molecule has 0 spiro atoms. The van der Waals surface area contributed by atoms with Crippen molar-refractivity contribution in [2.24, 2.45) is 0 Å². The van der Waals surface area contributed by atoms with Crippen LogP contribution >= 0.6 is 0 Å². The molecule has 2 aromatic carbocycles. The van der Waals surface area contributed by atoms with Gasteiger partial charge in [0, 0.05) is 19.1 Å². The van der Waals surface area contributed by atoms with Gasteiger partial charge in [-0.3, -0.25) is 4.90 Å². The smallest absolute Gasteiger partial charge is 0.0240 e. The van der Waals surface area contributed by atoms with Crippen molar-refractivity contribution in [3.8, 4) is 0 Å². The Bertz CT molecular complexity index is 473. The molecule has 0 amide bonds. The molecule has 0 heterocycles. The number of benzene rings is 2. The van der Waals surface area contributed by atoms with Gasteiger partial charge < -0.3 is 0 Å². The maximum atomic E-state index is 2.63. The average molecular weight is 278 g/mol. The first-order valence-electron chi connectivity index (χ1n) is 8.07. The summed E-state index contributed by atoms with van der Waals surface area (Å²) in [4.78, 5) is 2.63. The maximum absolute atomic E-state index is 2.63. The van der Waals surface area contributed by atoms with E-state index in [2.05, 4.69) is 72.0 Å². The van der Waals surface area contributed by atoms with Crippen molar-refractivity contribution in [2.75, 3.05) is 0 Å². The Balaban J connectivity index is 1.73. The minimum atomic E-state index is 0.624. The lowest BCUT2D eigenvalue weighted by molar-refractivity contribution is 0.174. The minimum Gasteiger partial charge on any atom is -0.292 e. The van der Waals surface area contributed by atoms with Crippen LogP contribution in [0.3, 0.4) is 0 Å². The van der Waals surface area contributed by atoms with Crippen molar-refractivity contribution in [3.05, 3.63) is 78.2 Å². The van der Waals surface area contributed by atoms with E-state index in [1.54, 1.807) is 0 Å². The normalized spacial score (nSPS) is 16.2. The van der Waals surface area contributed by atoms with E-state index >= 15 is 0 Å². The van der Waals surface area contributed by atoms with Crippen LogP contribution in [0.15, 0.2) is 60.7 Å². The molecular formula is C20H24N. The molecule has 3 rings (SSSR count). The fourth-order valence-electron chi connectivity index (χ4n) is 3.18. The molecule has 1 saturated carbocycles. The third-order valence-electron chi connectivity index (χ3n) is 4.32. The monoisotopic (exact) mass is 278 g/mol. The third kappa shape index (κ3) is 4.18. The Morgan fingerprint density at radius 2 is 1.33 bits per heavy atom. The van der Waals surface area contributed by atoms with E-state index in [9.17, 15) is 0 Å². The maximum Gasteiger partial charge on any atom is 0.0240 e. The molecule has 1 aliphatic carbocycles. The molecule has 1 atom stereocenters. The van der Waals surface area contributed by atoms with Crippen LogP contribution in [-0.2, 0) is 13.1 Å². The molecule has 0 aromatic heterocycles. The lowest BCUT2D eigenvalue weighted by Gasteiger charge is -2.34. The van der Waals surface area contributed by atoms with E-state index < -0.39 is 0 Å². The van der Waals surface area contributed by atoms with E-state index in [0.717, 1.165) is 13.1 Å². The van der Waals surface area contributed by atoms with Crippen LogP contribution in [0.1, 0.15) is 36.8 Å². The topological polar surface area (TPSA) is 3.24 Å². The fourth-order valence-corrected chi connectivity index (χ4v) is 3.18. The van der Waals surface area contributed by atoms with E-state index in [1.165, 1.54) is 36.8 Å². The van der Waals surface area contributed by atoms with Crippen LogP contribution < -0.4 is 0 Å². The Kier molecular flexibility index (Phi) is 5.07. The minimum absolute atomic E-state index is 0.624. The first-order chi connectivity index (χ1) is 10.4. The molecule has 21 heavy (non-hydrogen) atoms. The van der Waals surface area contributed by atoms with E-state index in [0.29, 0.717) is 6.04 Å². The quantitative estimate of drug-likeness (QED) is 0.756. The summed E-state index contributed by atoms with van der Waals surface area (Å²) >= 11 is 0. The zero-order chi connectivity index (χ0) is 14.3. The molecule has 1 nitrogen and oxygen atoms in total. The van der Waals surface area contributed by atoms with E-state index in [1.807, 2.05) is 0 Å². The van der Waals surface area contributed by atoms with Gasteiger partial charge in [0.25, 0.3) is 0 Å². The first kappa shape index (κ1) is 14.3. The van der Waals surface area contributed by atoms with Gasteiger partial charge in [-0.2, -0.15) is 0 Å². The van der Waals surface area contributed by atoms with Crippen LogP contribution in [-0.4, -0.2) is 10.9 Å². The molecule has 2 aromatic rings. The summed E-state index contributed by atoms with van der Waals surface area (Å²) in [6.45, 7) is 2.08. The van der Waals surface area contributed by atoms with Crippen molar-refractivity contribution >= 4 is 0 Å². The molecule has 0 bridgehead atoms. The van der Waals surface area contributed by atoms with Crippen LogP contribution in [0.2, 0.25) is 0 Å². The van der Waals surface area contributed by atoms with Gasteiger partial charge in [-0.05, 0) is 30.4 Å². The van der Waals surface area contributed by atoms with Gasteiger partial charge in [0.15, 0.2) is 0 Å². The van der Waals surface area contributed by atoms with Crippen molar-refractivity contribution < 1.29 is 0 Å². The highest BCUT2D eigenvalue weighted by molar-refractivity contribution is 5.17. The molecule has 109 valence electrons. The predicted octanol–water partition coefficient (Wildman–Crippen LogP) is 4.84. The van der Waals surface area contributed by atoms with E-state index in [-0.39, 0.29) is 0 Å². The molecule has 0 saturated heterocycles. The fraction of sp³-hybridized carbons (Fsp3) is 0.350. The summed E-state index contributed by atoms with van der Waals surface area (Å²) in [6, 6.07) is 22.3. The zero-order valence-corrected chi connectivity index (χ0v) is 12.6. The molecule has 1 unspecified atom stereocenters. The third-order valence-corrected chi connectivity index (χ3v) is 4.32.